The first-order valence-electron chi connectivity index (χ1n) is 7.90. The van der Waals surface area contributed by atoms with E-state index in [4.69, 9.17) is 11.6 Å². The molecule has 2 rings (SSSR count). The Morgan fingerprint density at radius 3 is 2.61 bits per heavy atom. The van der Waals surface area contributed by atoms with Crippen molar-refractivity contribution in [3.63, 3.8) is 0 Å². The maximum absolute atomic E-state index is 5.79. The average molecular weight is 452 g/mol. The lowest BCUT2D eigenvalue weighted by atomic mass is 10.0. The molecular weight excluding hydrogens is 425 g/mol. The topological polar surface area (TPSA) is 52.6 Å². The van der Waals surface area contributed by atoms with Crippen LogP contribution in [-0.4, -0.2) is 48.1 Å². The van der Waals surface area contributed by atoms with E-state index in [0.717, 1.165) is 37.5 Å². The lowest BCUT2D eigenvalue weighted by Gasteiger charge is -2.35. The summed E-state index contributed by atoms with van der Waals surface area (Å²) in [6, 6.07) is 4.90. The monoisotopic (exact) mass is 451 g/mol. The van der Waals surface area contributed by atoms with Crippen LogP contribution in [0.25, 0.3) is 0 Å². The van der Waals surface area contributed by atoms with Gasteiger partial charge in [-0.3, -0.25) is 4.99 Å². The molecule has 0 atom stereocenters. The summed E-state index contributed by atoms with van der Waals surface area (Å²) in [5.41, 5.74) is 1.09. The lowest BCUT2D eigenvalue weighted by Crippen LogP contribution is -2.49. The highest BCUT2D eigenvalue weighted by Crippen LogP contribution is 2.12. The number of nitrogens with zero attached hydrogens (tertiary/aromatic N) is 3. The minimum absolute atomic E-state index is 0. The number of aromatic nitrogens is 1. The molecule has 0 radical (unpaired) electrons. The average Bonchev–Trinajstić information content (AvgIpc) is 2.53. The number of rotatable bonds is 4. The summed E-state index contributed by atoms with van der Waals surface area (Å²) in [6.45, 7) is 7.50. The Morgan fingerprint density at radius 1 is 1.39 bits per heavy atom. The van der Waals surface area contributed by atoms with E-state index in [1.807, 2.05) is 6.07 Å². The van der Waals surface area contributed by atoms with Crippen molar-refractivity contribution in [3.05, 3.63) is 29.0 Å². The van der Waals surface area contributed by atoms with Gasteiger partial charge in [0.15, 0.2) is 5.96 Å². The number of hydrogen-bond acceptors (Lipinski definition) is 3. The number of halogens is 2. The van der Waals surface area contributed by atoms with Crippen LogP contribution in [0.4, 0.5) is 0 Å². The maximum atomic E-state index is 5.79. The normalized spacial score (nSPS) is 17.0. The van der Waals surface area contributed by atoms with Crippen LogP contribution < -0.4 is 10.6 Å². The summed E-state index contributed by atoms with van der Waals surface area (Å²) < 4.78 is 0. The van der Waals surface area contributed by atoms with E-state index in [-0.39, 0.29) is 24.0 Å². The summed E-state index contributed by atoms with van der Waals surface area (Å²) in [7, 11) is 1.80. The van der Waals surface area contributed by atoms with Crippen molar-refractivity contribution in [2.45, 2.75) is 45.3 Å². The molecule has 130 valence electrons. The largest absolute Gasteiger partial charge is 0.354 e. The second-order valence-corrected chi connectivity index (χ2v) is 6.35. The van der Waals surface area contributed by atoms with Crippen LogP contribution in [0.3, 0.4) is 0 Å². The Bertz CT molecular complexity index is 484. The van der Waals surface area contributed by atoms with Gasteiger partial charge in [0, 0.05) is 45.0 Å². The van der Waals surface area contributed by atoms with Crippen LogP contribution in [0, 0.1) is 0 Å². The van der Waals surface area contributed by atoms with Crippen molar-refractivity contribution in [2.75, 3.05) is 20.1 Å². The van der Waals surface area contributed by atoms with E-state index in [1.165, 1.54) is 0 Å². The molecule has 1 saturated heterocycles. The van der Waals surface area contributed by atoms with E-state index < -0.39 is 0 Å². The fourth-order valence-corrected chi connectivity index (χ4v) is 2.76. The van der Waals surface area contributed by atoms with Crippen molar-refractivity contribution in [1.29, 1.82) is 0 Å². The molecule has 7 heteroatoms. The third kappa shape index (κ3) is 6.81. The Hall–Kier alpha value is -0.600. The summed E-state index contributed by atoms with van der Waals surface area (Å²) >= 11 is 5.79. The molecule has 1 aliphatic rings. The highest BCUT2D eigenvalue weighted by Gasteiger charge is 2.21. The molecule has 23 heavy (non-hydrogen) atoms. The van der Waals surface area contributed by atoms with Crippen molar-refractivity contribution in [3.8, 4) is 0 Å². The molecular formula is C16H27ClIN5. The molecule has 0 amide bonds. The van der Waals surface area contributed by atoms with Crippen LogP contribution in [-0.2, 0) is 6.54 Å². The van der Waals surface area contributed by atoms with Gasteiger partial charge in [0.25, 0.3) is 0 Å². The SMILES string of the molecule is CN=C(NCc1ccc(Cl)nc1)NC1CCN(C(C)C)CC1.I. The Labute approximate surface area is 161 Å². The first-order chi connectivity index (χ1) is 10.6. The van der Waals surface area contributed by atoms with Crippen LogP contribution in [0.5, 0.6) is 0 Å². The highest BCUT2D eigenvalue weighted by molar-refractivity contribution is 14.0. The minimum atomic E-state index is 0. The molecule has 0 bridgehead atoms. The second kappa shape index (κ2) is 10.3. The second-order valence-electron chi connectivity index (χ2n) is 5.96. The molecule has 2 heterocycles. The first kappa shape index (κ1) is 20.4. The van der Waals surface area contributed by atoms with E-state index in [0.29, 0.717) is 23.8 Å². The molecule has 0 aromatic carbocycles. The zero-order chi connectivity index (χ0) is 15.9. The van der Waals surface area contributed by atoms with Crippen LogP contribution in [0.2, 0.25) is 5.15 Å². The van der Waals surface area contributed by atoms with Crippen molar-refractivity contribution >= 4 is 41.5 Å². The number of nitrogens with one attached hydrogen (secondary N) is 2. The number of aliphatic imine (C=N–C) groups is 1. The Balaban J connectivity index is 0.00000264. The summed E-state index contributed by atoms with van der Waals surface area (Å²) in [4.78, 5) is 10.9. The standard InChI is InChI=1S/C16H26ClN5.HI/c1-12(2)22-8-6-14(7-9-22)21-16(18-3)20-11-13-4-5-15(17)19-10-13;/h4-5,10,12,14H,6-9,11H2,1-3H3,(H2,18,20,21);1H. The van der Waals surface area contributed by atoms with Gasteiger partial charge in [0.2, 0.25) is 0 Å². The van der Waals surface area contributed by atoms with Gasteiger partial charge in [-0.05, 0) is 38.3 Å². The van der Waals surface area contributed by atoms with E-state index in [9.17, 15) is 0 Å². The van der Waals surface area contributed by atoms with Gasteiger partial charge in [0.05, 0.1) is 0 Å². The van der Waals surface area contributed by atoms with Crippen LogP contribution >= 0.6 is 35.6 Å². The number of piperidine rings is 1. The Morgan fingerprint density at radius 2 is 2.09 bits per heavy atom. The van der Waals surface area contributed by atoms with Gasteiger partial charge < -0.3 is 15.5 Å². The minimum Gasteiger partial charge on any atom is -0.354 e. The zero-order valence-corrected chi connectivity index (χ0v) is 17.1. The molecule has 2 N–H and O–H groups in total. The smallest absolute Gasteiger partial charge is 0.191 e. The Kier molecular flexibility index (Phi) is 9.16. The summed E-state index contributed by atoms with van der Waals surface area (Å²) in [5, 5.41) is 7.36. The molecule has 1 aliphatic heterocycles. The number of guanidine groups is 1. The van der Waals surface area contributed by atoms with Gasteiger partial charge >= 0.3 is 0 Å². The van der Waals surface area contributed by atoms with Gasteiger partial charge in [-0.25, -0.2) is 4.98 Å². The highest BCUT2D eigenvalue weighted by atomic mass is 127. The molecule has 0 saturated carbocycles. The van der Waals surface area contributed by atoms with Gasteiger partial charge in [-0.2, -0.15) is 0 Å². The fourth-order valence-electron chi connectivity index (χ4n) is 2.64. The van der Waals surface area contributed by atoms with Crippen LogP contribution in [0.1, 0.15) is 32.3 Å². The molecule has 0 unspecified atom stereocenters. The molecule has 0 spiro atoms. The molecule has 0 aliphatic carbocycles. The fraction of sp³-hybridized carbons (Fsp3) is 0.625. The van der Waals surface area contributed by atoms with Crippen LogP contribution in [0.15, 0.2) is 23.3 Å². The van der Waals surface area contributed by atoms with Crippen molar-refractivity contribution in [2.24, 2.45) is 4.99 Å². The molecule has 1 aromatic rings. The predicted octanol–water partition coefficient (Wildman–Crippen LogP) is 2.89. The quantitative estimate of drug-likeness (QED) is 0.320. The molecule has 1 aromatic heterocycles. The summed E-state index contributed by atoms with van der Waals surface area (Å²) in [6.07, 6.45) is 4.09. The molecule has 5 nitrogen and oxygen atoms in total. The number of hydrogen-bond donors (Lipinski definition) is 2. The zero-order valence-electron chi connectivity index (χ0n) is 14.1. The van der Waals surface area contributed by atoms with Gasteiger partial charge in [0.1, 0.15) is 5.15 Å². The van der Waals surface area contributed by atoms with Crippen molar-refractivity contribution in [1.82, 2.24) is 20.5 Å². The van der Waals surface area contributed by atoms with Gasteiger partial charge in [-0.15, -0.1) is 24.0 Å². The summed E-state index contributed by atoms with van der Waals surface area (Å²) in [5.74, 6) is 0.845. The van der Waals surface area contributed by atoms with E-state index in [2.05, 4.69) is 39.4 Å². The maximum Gasteiger partial charge on any atom is 0.191 e. The van der Waals surface area contributed by atoms with Crippen molar-refractivity contribution < 1.29 is 0 Å². The molecule has 1 fully saturated rings. The third-order valence-corrected chi connectivity index (χ3v) is 4.30. The number of pyridine rings is 1. The first-order valence-corrected chi connectivity index (χ1v) is 8.28. The number of likely N-dealkylation sites (tertiary alicyclic amines) is 1. The van der Waals surface area contributed by atoms with E-state index >= 15 is 0 Å². The third-order valence-electron chi connectivity index (χ3n) is 4.07. The lowest BCUT2D eigenvalue weighted by molar-refractivity contribution is 0.167. The van der Waals surface area contributed by atoms with E-state index in [1.54, 1.807) is 19.3 Å². The predicted molar refractivity (Wildman–Crippen MR) is 108 cm³/mol. The van der Waals surface area contributed by atoms with Gasteiger partial charge in [-0.1, -0.05) is 17.7 Å².